The molecule has 1 aromatic heterocycles. The molecule has 5 nitrogen and oxygen atoms in total. The predicted octanol–water partition coefficient (Wildman–Crippen LogP) is 0.284. The molecule has 0 N–H and O–H groups in total. The fraction of sp³-hybridized carbons (Fsp3) is 0.444. The lowest BCUT2D eigenvalue weighted by atomic mass is 10.3. The monoisotopic (exact) mass is 194 g/mol. The molecule has 0 unspecified atom stereocenters. The van der Waals surface area contributed by atoms with E-state index >= 15 is 0 Å². The van der Waals surface area contributed by atoms with E-state index in [1.165, 1.54) is 4.90 Å². The van der Waals surface area contributed by atoms with E-state index < -0.39 is 0 Å². The van der Waals surface area contributed by atoms with Crippen LogP contribution >= 0.6 is 0 Å². The molecular weight excluding hydrogens is 184 g/mol. The summed E-state index contributed by atoms with van der Waals surface area (Å²) in [5.41, 5.74) is 0.686. The second kappa shape index (κ2) is 3.25. The minimum atomic E-state index is -0.129. The maximum Gasteiger partial charge on any atom is 0.230 e. The Morgan fingerprint density at radius 2 is 2.36 bits per heavy atom. The molecule has 5 heteroatoms. The van der Waals surface area contributed by atoms with Gasteiger partial charge in [0, 0.05) is 6.07 Å². The van der Waals surface area contributed by atoms with E-state index in [9.17, 15) is 9.59 Å². The van der Waals surface area contributed by atoms with Gasteiger partial charge in [-0.1, -0.05) is 5.16 Å². The number of nitrogens with zero attached hydrogens (tertiary/aromatic N) is 2. The summed E-state index contributed by atoms with van der Waals surface area (Å²) in [5, 5.41) is 3.76. The van der Waals surface area contributed by atoms with Gasteiger partial charge in [0.25, 0.3) is 0 Å². The summed E-state index contributed by atoms with van der Waals surface area (Å²) in [7, 11) is 0. The van der Waals surface area contributed by atoms with Crippen LogP contribution < -0.4 is 0 Å². The first-order valence-corrected chi connectivity index (χ1v) is 4.37. The van der Waals surface area contributed by atoms with Crippen molar-refractivity contribution in [3.63, 3.8) is 0 Å². The number of Topliss-reactive ketones (excluding diaryl/α,β-unsaturated/α-hetero) is 1. The number of rotatable bonds is 2. The standard InChI is InChI=1S/C9H10N2O3/c1-6-2-7(10-14-6)4-11-5-8(12)3-9(11)13/h2H,3-5H2,1H3. The highest BCUT2D eigenvalue weighted by molar-refractivity contribution is 6.05. The van der Waals surface area contributed by atoms with Crippen LogP contribution in [0.25, 0.3) is 0 Å². The molecule has 0 bridgehead atoms. The second-order valence-corrected chi connectivity index (χ2v) is 3.39. The molecule has 0 spiro atoms. The number of carbonyl (C=O) groups excluding carboxylic acids is 2. The molecule has 2 rings (SSSR count). The Bertz CT molecular complexity index is 383. The molecule has 1 aliphatic rings. The zero-order chi connectivity index (χ0) is 10.1. The number of amides is 1. The molecule has 0 aliphatic carbocycles. The number of carbonyl (C=O) groups is 2. The highest BCUT2D eigenvalue weighted by Crippen LogP contribution is 2.11. The smallest absolute Gasteiger partial charge is 0.230 e. The van der Waals surface area contributed by atoms with Crippen LogP contribution in [0.15, 0.2) is 10.6 Å². The molecule has 14 heavy (non-hydrogen) atoms. The summed E-state index contributed by atoms with van der Waals surface area (Å²) < 4.78 is 4.86. The third-order valence-electron chi connectivity index (χ3n) is 2.10. The SMILES string of the molecule is Cc1cc(CN2CC(=O)CC2=O)no1. The summed E-state index contributed by atoms with van der Waals surface area (Å²) >= 11 is 0. The minimum absolute atomic E-state index is 0.0246. The fourth-order valence-electron chi connectivity index (χ4n) is 1.47. The Morgan fingerprint density at radius 1 is 1.57 bits per heavy atom. The maximum atomic E-state index is 11.2. The first kappa shape index (κ1) is 8.93. The zero-order valence-corrected chi connectivity index (χ0v) is 7.82. The molecule has 0 saturated carbocycles. The lowest BCUT2D eigenvalue weighted by Gasteiger charge is -2.11. The van der Waals surface area contributed by atoms with Crippen molar-refractivity contribution in [3.05, 3.63) is 17.5 Å². The van der Waals surface area contributed by atoms with Crippen LogP contribution in [0.1, 0.15) is 17.9 Å². The second-order valence-electron chi connectivity index (χ2n) is 3.39. The molecule has 0 radical (unpaired) electrons. The lowest BCUT2D eigenvalue weighted by Crippen LogP contribution is -2.24. The van der Waals surface area contributed by atoms with E-state index in [1.807, 2.05) is 0 Å². The van der Waals surface area contributed by atoms with Gasteiger partial charge in [0.2, 0.25) is 5.91 Å². The first-order valence-electron chi connectivity index (χ1n) is 4.37. The number of hydrogen-bond acceptors (Lipinski definition) is 4. The van der Waals surface area contributed by atoms with Crippen LogP contribution in [0.3, 0.4) is 0 Å². The molecular formula is C9H10N2O3. The largest absolute Gasteiger partial charge is 0.361 e. The third-order valence-corrected chi connectivity index (χ3v) is 2.10. The number of aromatic nitrogens is 1. The van der Waals surface area contributed by atoms with Gasteiger partial charge >= 0.3 is 0 Å². The van der Waals surface area contributed by atoms with Gasteiger partial charge in [0.05, 0.1) is 19.5 Å². The summed E-state index contributed by atoms with van der Waals surface area (Å²) in [4.78, 5) is 23.7. The third kappa shape index (κ3) is 1.66. The molecule has 1 saturated heterocycles. The molecule has 0 atom stereocenters. The van der Waals surface area contributed by atoms with Gasteiger partial charge < -0.3 is 9.42 Å². The number of ketones is 1. The quantitative estimate of drug-likeness (QED) is 0.634. The summed E-state index contributed by atoms with van der Waals surface area (Å²) in [6, 6.07) is 1.76. The summed E-state index contributed by atoms with van der Waals surface area (Å²) in [6.45, 7) is 2.35. The fourth-order valence-corrected chi connectivity index (χ4v) is 1.47. The Morgan fingerprint density at radius 3 is 2.86 bits per heavy atom. The van der Waals surface area contributed by atoms with E-state index in [-0.39, 0.29) is 24.7 Å². The van der Waals surface area contributed by atoms with Crippen LogP contribution in [-0.4, -0.2) is 28.3 Å². The van der Waals surface area contributed by atoms with Crippen molar-refractivity contribution in [2.45, 2.75) is 19.9 Å². The van der Waals surface area contributed by atoms with E-state index in [0.29, 0.717) is 18.0 Å². The van der Waals surface area contributed by atoms with Gasteiger partial charge in [-0.3, -0.25) is 9.59 Å². The van der Waals surface area contributed by atoms with Crippen molar-refractivity contribution in [2.75, 3.05) is 6.54 Å². The first-order chi connectivity index (χ1) is 6.65. The van der Waals surface area contributed by atoms with Gasteiger partial charge in [-0.15, -0.1) is 0 Å². The van der Waals surface area contributed by atoms with Crippen molar-refractivity contribution < 1.29 is 14.1 Å². The molecule has 74 valence electrons. The van der Waals surface area contributed by atoms with E-state index in [1.54, 1.807) is 13.0 Å². The van der Waals surface area contributed by atoms with Gasteiger partial charge in [-0.05, 0) is 6.92 Å². The van der Waals surface area contributed by atoms with Crippen molar-refractivity contribution in [3.8, 4) is 0 Å². The van der Waals surface area contributed by atoms with Crippen LogP contribution in [0.2, 0.25) is 0 Å². The molecule has 1 aromatic rings. The minimum Gasteiger partial charge on any atom is -0.361 e. The van der Waals surface area contributed by atoms with Crippen LogP contribution in [0, 0.1) is 6.92 Å². The number of aryl methyl sites for hydroxylation is 1. The lowest BCUT2D eigenvalue weighted by molar-refractivity contribution is -0.128. The molecule has 1 amide bonds. The summed E-state index contributed by atoms with van der Waals surface area (Å²) in [5.74, 6) is 0.545. The van der Waals surface area contributed by atoms with Crippen LogP contribution in [0.5, 0.6) is 0 Å². The average Bonchev–Trinajstić information content (AvgIpc) is 2.61. The normalized spacial score (nSPS) is 16.8. The maximum absolute atomic E-state index is 11.2. The predicted molar refractivity (Wildman–Crippen MR) is 46.3 cm³/mol. The Balaban J connectivity index is 2.05. The highest BCUT2D eigenvalue weighted by Gasteiger charge is 2.27. The van der Waals surface area contributed by atoms with E-state index in [4.69, 9.17) is 4.52 Å². The Hall–Kier alpha value is -1.65. The summed E-state index contributed by atoms with van der Waals surface area (Å²) in [6.07, 6.45) is 0.0246. The van der Waals surface area contributed by atoms with E-state index in [0.717, 1.165) is 0 Å². The van der Waals surface area contributed by atoms with Gasteiger partial charge in [-0.25, -0.2) is 0 Å². The molecule has 1 fully saturated rings. The number of hydrogen-bond donors (Lipinski definition) is 0. The molecule has 1 aliphatic heterocycles. The van der Waals surface area contributed by atoms with E-state index in [2.05, 4.69) is 5.16 Å². The number of likely N-dealkylation sites (tertiary alicyclic amines) is 1. The topological polar surface area (TPSA) is 63.4 Å². The average molecular weight is 194 g/mol. The van der Waals surface area contributed by atoms with Crippen molar-refractivity contribution in [1.82, 2.24) is 10.1 Å². The zero-order valence-electron chi connectivity index (χ0n) is 7.82. The Labute approximate surface area is 80.7 Å². The Kier molecular flexibility index (Phi) is 2.07. The highest BCUT2D eigenvalue weighted by atomic mass is 16.5. The van der Waals surface area contributed by atoms with Gasteiger partial charge in [-0.2, -0.15) is 0 Å². The van der Waals surface area contributed by atoms with Gasteiger partial charge in [0.15, 0.2) is 5.78 Å². The van der Waals surface area contributed by atoms with Crippen molar-refractivity contribution >= 4 is 11.7 Å². The molecule has 0 aromatic carbocycles. The van der Waals surface area contributed by atoms with Gasteiger partial charge in [0.1, 0.15) is 11.5 Å². The van der Waals surface area contributed by atoms with Crippen LogP contribution in [0.4, 0.5) is 0 Å². The van der Waals surface area contributed by atoms with Crippen molar-refractivity contribution in [2.24, 2.45) is 0 Å². The van der Waals surface area contributed by atoms with Crippen molar-refractivity contribution in [1.29, 1.82) is 0 Å². The molecule has 2 heterocycles. The van der Waals surface area contributed by atoms with Crippen LogP contribution in [-0.2, 0) is 16.1 Å².